The average Bonchev–Trinajstić information content (AvgIpc) is 2.46. The second-order valence-electron chi connectivity index (χ2n) is 4.92. The molecule has 0 aliphatic rings. The quantitative estimate of drug-likeness (QED) is 0.606. The molecule has 2 aromatic rings. The number of aliphatic hydroxyl groups excluding tert-OH is 1. The third-order valence-electron chi connectivity index (χ3n) is 3.17. The maximum absolute atomic E-state index is 11.6. The summed E-state index contributed by atoms with van der Waals surface area (Å²) in [6.45, 7) is 1.50. The van der Waals surface area contributed by atoms with Crippen molar-refractivity contribution in [2.45, 2.75) is 19.8 Å². The van der Waals surface area contributed by atoms with Crippen molar-refractivity contribution in [3.05, 3.63) is 70.4 Å². The van der Waals surface area contributed by atoms with Crippen LogP contribution >= 0.6 is 15.9 Å². The van der Waals surface area contributed by atoms with Crippen molar-refractivity contribution in [1.29, 1.82) is 0 Å². The van der Waals surface area contributed by atoms with Gasteiger partial charge in [-0.05, 0) is 36.1 Å². The molecule has 2 nitrogen and oxygen atoms in total. The topological polar surface area (TPSA) is 37.3 Å². The largest absolute Gasteiger partial charge is 0.512 e. The van der Waals surface area contributed by atoms with Crippen LogP contribution in [0.15, 0.2) is 64.8 Å². The first kappa shape index (κ1) is 15.5. The molecule has 0 amide bonds. The fraction of sp³-hybridized carbons (Fsp3) is 0.167. The molecule has 0 aliphatic heterocycles. The van der Waals surface area contributed by atoms with Crippen LogP contribution in [0.2, 0.25) is 0 Å². The Morgan fingerprint density at radius 3 is 2.48 bits per heavy atom. The molecule has 21 heavy (non-hydrogen) atoms. The Hall–Kier alpha value is -1.87. The van der Waals surface area contributed by atoms with E-state index in [0.29, 0.717) is 12.8 Å². The van der Waals surface area contributed by atoms with E-state index < -0.39 is 0 Å². The van der Waals surface area contributed by atoms with Gasteiger partial charge in [0.15, 0.2) is 5.78 Å². The van der Waals surface area contributed by atoms with Crippen LogP contribution in [-0.4, -0.2) is 10.9 Å². The zero-order valence-corrected chi connectivity index (χ0v) is 13.4. The van der Waals surface area contributed by atoms with Gasteiger partial charge in [-0.15, -0.1) is 0 Å². The monoisotopic (exact) mass is 344 g/mol. The third-order valence-corrected chi connectivity index (χ3v) is 3.91. The standard InChI is InChI=1S/C18H17BrO2/c1-13(20)11-17(21)10-9-15-7-8-16(12-18(15)19)14-5-3-2-4-6-14/h2-8,11-12,20H,9-10H2,1H3/b13-11-. The number of carbonyl (C=O) groups is 1. The molecule has 2 rings (SSSR count). The van der Waals surface area contributed by atoms with Gasteiger partial charge in [-0.1, -0.05) is 58.4 Å². The van der Waals surface area contributed by atoms with Crippen LogP contribution in [0, 0.1) is 0 Å². The van der Waals surface area contributed by atoms with Crippen molar-refractivity contribution in [3.8, 4) is 11.1 Å². The first-order chi connectivity index (χ1) is 10.1. The lowest BCUT2D eigenvalue weighted by molar-refractivity contribution is -0.114. The summed E-state index contributed by atoms with van der Waals surface area (Å²) < 4.78 is 1.00. The van der Waals surface area contributed by atoms with Crippen LogP contribution in [0.5, 0.6) is 0 Å². The second kappa shape index (κ2) is 7.23. The molecule has 0 bridgehead atoms. The molecule has 0 aromatic heterocycles. The predicted molar refractivity (Wildman–Crippen MR) is 89.3 cm³/mol. The van der Waals surface area contributed by atoms with Crippen LogP contribution in [0.4, 0.5) is 0 Å². The number of benzene rings is 2. The van der Waals surface area contributed by atoms with E-state index in [1.165, 1.54) is 18.6 Å². The number of halogens is 1. The lowest BCUT2D eigenvalue weighted by Gasteiger charge is -2.07. The number of carbonyl (C=O) groups excluding carboxylic acids is 1. The van der Waals surface area contributed by atoms with Crippen LogP contribution in [0.25, 0.3) is 11.1 Å². The molecule has 0 radical (unpaired) electrons. The number of hydrogen-bond donors (Lipinski definition) is 1. The van der Waals surface area contributed by atoms with Gasteiger partial charge in [-0.25, -0.2) is 0 Å². The van der Waals surface area contributed by atoms with Crippen LogP contribution in [0.1, 0.15) is 18.9 Å². The minimum Gasteiger partial charge on any atom is -0.512 e. The Balaban J connectivity index is 2.10. The number of hydrogen-bond acceptors (Lipinski definition) is 2. The molecular weight excluding hydrogens is 328 g/mol. The van der Waals surface area contributed by atoms with E-state index >= 15 is 0 Å². The third kappa shape index (κ3) is 4.57. The Morgan fingerprint density at radius 2 is 1.86 bits per heavy atom. The maximum atomic E-state index is 11.6. The molecule has 0 saturated heterocycles. The van der Waals surface area contributed by atoms with E-state index in [0.717, 1.165) is 15.6 Å². The summed E-state index contributed by atoms with van der Waals surface area (Å²) in [6.07, 6.45) is 2.31. The van der Waals surface area contributed by atoms with Crippen molar-refractivity contribution in [3.63, 3.8) is 0 Å². The van der Waals surface area contributed by atoms with Gasteiger partial charge in [0.25, 0.3) is 0 Å². The van der Waals surface area contributed by atoms with Crippen molar-refractivity contribution in [1.82, 2.24) is 0 Å². The molecule has 0 spiro atoms. The van der Waals surface area contributed by atoms with Crippen molar-refractivity contribution in [2.75, 3.05) is 0 Å². The number of aryl methyl sites for hydroxylation is 1. The molecular formula is C18H17BrO2. The zero-order chi connectivity index (χ0) is 15.2. The van der Waals surface area contributed by atoms with E-state index in [-0.39, 0.29) is 11.5 Å². The Labute approximate surface area is 133 Å². The normalized spacial score (nSPS) is 11.4. The van der Waals surface area contributed by atoms with Gasteiger partial charge in [-0.3, -0.25) is 4.79 Å². The van der Waals surface area contributed by atoms with Gasteiger partial charge in [0, 0.05) is 17.0 Å². The minimum absolute atomic E-state index is 0.0542. The first-order valence-electron chi connectivity index (χ1n) is 6.80. The fourth-order valence-corrected chi connectivity index (χ4v) is 2.70. The molecule has 1 N–H and O–H groups in total. The van der Waals surface area contributed by atoms with Gasteiger partial charge in [0.05, 0.1) is 5.76 Å². The van der Waals surface area contributed by atoms with Crippen LogP contribution in [-0.2, 0) is 11.2 Å². The highest BCUT2D eigenvalue weighted by molar-refractivity contribution is 9.10. The Morgan fingerprint density at radius 1 is 1.14 bits per heavy atom. The highest BCUT2D eigenvalue weighted by atomic mass is 79.9. The summed E-state index contributed by atoms with van der Waals surface area (Å²) in [7, 11) is 0. The van der Waals surface area contributed by atoms with E-state index in [1.807, 2.05) is 24.3 Å². The van der Waals surface area contributed by atoms with Gasteiger partial charge >= 0.3 is 0 Å². The lowest BCUT2D eigenvalue weighted by atomic mass is 10.0. The van der Waals surface area contributed by atoms with E-state index in [2.05, 4.69) is 40.2 Å². The SMILES string of the molecule is C/C(O)=C/C(=O)CCc1ccc(-c2ccccc2)cc1Br. The van der Waals surface area contributed by atoms with Crippen LogP contribution < -0.4 is 0 Å². The maximum Gasteiger partial charge on any atom is 0.159 e. The van der Waals surface area contributed by atoms with Crippen molar-refractivity contribution < 1.29 is 9.90 Å². The summed E-state index contributed by atoms with van der Waals surface area (Å²) in [5.74, 6) is -0.00692. The first-order valence-corrected chi connectivity index (χ1v) is 7.59. The molecule has 108 valence electrons. The molecule has 2 aromatic carbocycles. The Kier molecular flexibility index (Phi) is 5.34. The van der Waals surface area contributed by atoms with E-state index in [1.54, 1.807) is 0 Å². The number of rotatable bonds is 5. The molecule has 0 aliphatic carbocycles. The predicted octanol–water partition coefficient (Wildman–Crippen LogP) is 5.08. The molecule has 3 heteroatoms. The fourth-order valence-electron chi connectivity index (χ4n) is 2.12. The second-order valence-corrected chi connectivity index (χ2v) is 5.78. The molecule has 0 fully saturated rings. The molecule has 0 atom stereocenters. The number of aliphatic hydroxyl groups is 1. The Bertz CT molecular complexity index is 656. The summed E-state index contributed by atoms with van der Waals surface area (Å²) in [4.78, 5) is 11.6. The van der Waals surface area contributed by atoms with E-state index in [4.69, 9.17) is 5.11 Å². The highest BCUT2D eigenvalue weighted by Gasteiger charge is 2.06. The van der Waals surface area contributed by atoms with Gasteiger partial charge in [0.2, 0.25) is 0 Å². The minimum atomic E-state index is -0.0611. The molecule has 0 unspecified atom stereocenters. The van der Waals surface area contributed by atoms with Crippen molar-refractivity contribution >= 4 is 21.7 Å². The summed E-state index contributed by atoms with van der Waals surface area (Å²) in [6, 6.07) is 16.3. The molecule has 0 heterocycles. The summed E-state index contributed by atoms with van der Waals surface area (Å²) in [5, 5.41) is 9.07. The summed E-state index contributed by atoms with van der Waals surface area (Å²) >= 11 is 3.57. The summed E-state index contributed by atoms with van der Waals surface area (Å²) in [5.41, 5.74) is 3.40. The highest BCUT2D eigenvalue weighted by Crippen LogP contribution is 2.26. The molecule has 0 saturated carbocycles. The van der Waals surface area contributed by atoms with E-state index in [9.17, 15) is 4.79 Å². The lowest BCUT2D eigenvalue weighted by Crippen LogP contribution is -1.98. The average molecular weight is 345 g/mol. The zero-order valence-electron chi connectivity index (χ0n) is 11.8. The van der Waals surface area contributed by atoms with Gasteiger partial charge in [-0.2, -0.15) is 0 Å². The van der Waals surface area contributed by atoms with Crippen molar-refractivity contribution in [2.24, 2.45) is 0 Å². The number of allylic oxidation sites excluding steroid dienone is 2. The van der Waals surface area contributed by atoms with Crippen LogP contribution in [0.3, 0.4) is 0 Å². The van der Waals surface area contributed by atoms with Gasteiger partial charge in [0.1, 0.15) is 0 Å². The van der Waals surface area contributed by atoms with Gasteiger partial charge < -0.3 is 5.11 Å². The number of ketones is 1. The smallest absolute Gasteiger partial charge is 0.159 e.